The molecule has 1 N–H and O–H groups in total. The molecule has 0 aliphatic rings. The number of aromatic nitrogens is 3. The summed E-state index contributed by atoms with van der Waals surface area (Å²) in [6.07, 6.45) is 1.59. The van der Waals surface area contributed by atoms with E-state index in [9.17, 15) is 0 Å². The molecule has 0 atom stereocenters. The first-order chi connectivity index (χ1) is 13.7. The Morgan fingerprint density at radius 2 is 1.54 bits per heavy atom. The molecule has 8 nitrogen and oxygen atoms in total. The van der Waals surface area contributed by atoms with Crippen LogP contribution >= 0.6 is 0 Å². The van der Waals surface area contributed by atoms with Crippen LogP contribution < -0.4 is 24.3 Å². The van der Waals surface area contributed by atoms with Gasteiger partial charge in [-0.05, 0) is 29.8 Å². The number of rotatable bonds is 8. The zero-order valence-corrected chi connectivity index (χ0v) is 16.2. The van der Waals surface area contributed by atoms with Gasteiger partial charge in [-0.1, -0.05) is 0 Å². The molecule has 28 heavy (non-hydrogen) atoms. The summed E-state index contributed by atoms with van der Waals surface area (Å²) in [5.74, 6) is 3.17. The third-order valence-corrected chi connectivity index (χ3v) is 4.11. The largest absolute Gasteiger partial charge is 0.497 e. The van der Waals surface area contributed by atoms with Crippen LogP contribution in [0.4, 0.5) is 5.95 Å². The second kappa shape index (κ2) is 8.90. The molecule has 0 amide bonds. The highest BCUT2D eigenvalue weighted by Crippen LogP contribution is 2.32. The SMILES string of the molecule is COc1cc(CNc2nncc(-c3ccc(OC)cc3OC)n2)cc(OC)c1. The molecule has 8 heteroatoms. The van der Waals surface area contributed by atoms with Gasteiger partial charge in [0.1, 0.15) is 23.0 Å². The number of nitrogens with one attached hydrogen (secondary N) is 1. The lowest BCUT2D eigenvalue weighted by molar-refractivity contribution is 0.393. The van der Waals surface area contributed by atoms with Gasteiger partial charge in [-0.15, -0.1) is 5.10 Å². The van der Waals surface area contributed by atoms with Crippen LogP contribution in [0.5, 0.6) is 23.0 Å². The predicted molar refractivity (Wildman–Crippen MR) is 105 cm³/mol. The van der Waals surface area contributed by atoms with Crippen LogP contribution in [0.1, 0.15) is 5.56 Å². The Hall–Kier alpha value is -3.55. The molecular weight excluding hydrogens is 360 g/mol. The standard InChI is InChI=1S/C20H22N4O4/c1-25-14-5-6-17(19(10-14)28-4)18-12-22-24-20(23-18)21-11-13-7-15(26-2)9-16(8-13)27-3/h5-10,12H,11H2,1-4H3,(H,21,23,24). The molecule has 146 valence electrons. The lowest BCUT2D eigenvalue weighted by Gasteiger charge is -2.11. The Morgan fingerprint density at radius 1 is 0.821 bits per heavy atom. The summed E-state index contributed by atoms with van der Waals surface area (Å²) in [7, 11) is 6.44. The molecule has 1 heterocycles. The number of hydrogen-bond acceptors (Lipinski definition) is 8. The molecule has 1 aromatic heterocycles. The van der Waals surface area contributed by atoms with Crippen molar-refractivity contribution in [1.82, 2.24) is 15.2 Å². The highest BCUT2D eigenvalue weighted by atomic mass is 16.5. The summed E-state index contributed by atoms with van der Waals surface area (Å²) in [5, 5.41) is 11.3. The Morgan fingerprint density at radius 3 is 2.18 bits per heavy atom. The normalized spacial score (nSPS) is 10.3. The zero-order chi connectivity index (χ0) is 19.9. The molecular formula is C20H22N4O4. The lowest BCUT2D eigenvalue weighted by Crippen LogP contribution is -2.06. The van der Waals surface area contributed by atoms with Crippen molar-refractivity contribution in [2.75, 3.05) is 33.8 Å². The zero-order valence-electron chi connectivity index (χ0n) is 16.2. The smallest absolute Gasteiger partial charge is 0.243 e. The quantitative estimate of drug-likeness (QED) is 0.636. The van der Waals surface area contributed by atoms with Gasteiger partial charge in [0.15, 0.2) is 0 Å². The van der Waals surface area contributed by atoms with Crippen LogP contribution in [0, 0.1) is 0 Å². The van der Waals surface area contributed by atoms with E-state index in [2.05, 4.69) is 20.5 Å². The second-order valence-electron chi connectivity index (χ2n) is 5.81. The van der Waals surface area contributed by atoms with Gasteiger partial charge in [0.05, 0.1) is 40.3 Å². The van der Waals surface area contributed by atoms with E-state index in [1.807, 2.05) is 30.3 Å². The number of methoxy groups -OCH3 is 4. The molecule has 0 aliphatic heterocycles. The minimum atomic E-state index is 0.400. The first-order valence-electron chi connectivity index (χ1n) is 8.54. The van der Waals surface area contributed by atoms with Crippen molar-refractivity contribution in [3.8, 4) is 34.3 Å². The van der Waals surface area contributed by atoms with Crippen molar-refractivity contribution in [1.29, 1.82) is 0 Å². The second-order valence-corrected chi connectivity index (χ2v) is 5.81. The van der Waals surface area contributed by atoms with Gasteiger partial charge < -0.3 is 24.3 Å². The molecule has 3 rings (SSSR count). The van der Waals surface area contributed by atoms with Gasteiger partial charge in [0.2, 0.25) is 5.95 Å². The average Bonchev–Trinajstić information content (AvgIpc) is 2.77. The van der Waals surface area contributed by atoms with Gasteiger partial charge in [0, 0.05) is 24.2 Å². The van der Waals surface area contributed by atoms with E-state index in [4.69, 9.17) is 18.9 Å². The van der Waals surface area contributed by atoms with Gasteiger partial charge in [-0.3, -0.25) is 0 Å². The Labute approximate surface area is 163 Å². The maximum atomic E-state index is 5.45. The topological polar surface area (TPSA) is 87.6 Å². The minimum absolute atomic E-state index is 0.400. The van der Waals surface area contributed by atoms with Crippen LogP contribution in [0.25, 0.3) is 11.3 Å². The fourth-order valence-electron chi connectivity index (χ4n) is 2.67. The molecule has 0 bridgehead atoms. The summed E-state index contributed by atoms with van der Waals surface area (Å²) in [6.45, 7) is 0.485. The lowest BCUT2D eigenvalue weighted by atomic mass is 10.1. The highest BCUT2D eigenvalue weighted by Gasteiger charge is 2.11. The van der Waals surface area contributed by atoms with E-state index >= 15 is 0 Å². The third kappa shape index (κ3) is 4.40. The Kier molecular flexibility index (Phi) is 6.11. The van der Waals surface area contributed by atoms with Gasteiger partial charge in [-0.2, -0.15) is 5.10 Å². The Bertz CT molecular complexity index is 927. The van der Waals surface area contributed by atoms with E-state index in [0.29, 0.717) is 41.2 Å². The van der Waals surface area contributed by atoms with Crippen LogP contribution in [-0.4, -0.2) is 43.6 Å². The fourth-order valence-corrected chi connectivity index (χ4v) is 2.67. The van der Waals surface area contributed by atoms with Crippen molar-refractivity contribution in [2.45, 2.75) is 6.54 Å². The molecule has 0 aliphatic carbocycles. The van der Waals surface area contributed by atoms with Crippen molar-refractivity contribution >= 4 is 5.95 Å². The summed E-state index contributed by atoms with van der Waals surface area (Å²) >= 11 is 0. The molecule has 2 aromatic carbocycles. The van der Waals surface area contributed by atoms with Gasteiger partial charge in [0.25, 0.3) is 0 Å². The molecule has 3 aromatic rings. The van der Waals surface area contributed by atoms with Crippen LogP contribution in [0.2, 0.25) is 0 Å². The monoisotopic (exact) mass is 382 g/mol. The summed E-state index contributed by atoms with van der Waals surface area (Å²) in [6, 6.07) is 11.2. The summed E-state index contributed by atoms with van der Waals surface area (Å²) < 4.78 is 21.3. The van der Waals surface area contributed by atoms with E-state index < -0.39 is 0 Å². The van der Waals surface area contributed by atoms with Gasteiger partial charge >= 0.3 is 0 Å². The molecule has 0 fully saturated rings. The predicted octanol–water partition coefficient (Wildman–Crippen LogP) is 3.19. The van der Waals surface area contributed by atoms with Crippen molar-refractivity contribution in [3.63, 3.8) is 0 Å². The maximum Gasteiger partial charge on any atom is 0.243 e. The van der Waals surface area contributed by atoms with Crippen LogP contribution in [0.15, 0.2) is 42.6 Å². The minimum Gasteiger partial charge on any atom is -0.497 e. The van der Waals surface area contributed by atoms with Crippen molar-refractivity contribution in [3.05, 3.63) is 48.2 Å². The number of hydrogen-bond donors (Lipinski definition) is 1. The molecule has 0 unspecified atom stereocenters. The van der Waals surface area contributed by atoms with Crippen LogP contribution in [-0.2, 0) is 6.54 Å². The van der Waals surface area contributed by atoms with Crippen molar-refractivity contribution < 1.29 is 18.9 Å². The molecule has 0 saturated heterocycles. The molecule has 0 saturated carbocycles. The molecule has 0 radical (unpaired) electrons. The molecule has 0 spiro atoms. The average molecular weight is 382 g/mol. The summed E-state index contributed by atoms with van der Waals surface area (Å²) in [5.41, 5.74) is 2.40. The summed E-state index contributed by atoms with van der Waals surface area (Å²) in [4.78, 5) is 4.54. The highest BCUT2D eigenvalue weighted by molar-refractivity contribution is 5.68. The van der Waals surface area contributed by atoms with E-state index in [1.54, 1.807) is 40.7 Å². The van der Waals surface area contributed by atoms with Crippen LogP contribution in [0.3, 0.4) is 0 Å². The Balaban J connectivity index is 1.81. The number of ether oxygens (including phenoxy) is 4. The van der Waals surface area contributed by atoms with Crippen molar-refractivity contribution in [2.24, 2.45) is 0 Å². The number of nitrogens with zero attached hydrogens (tertiary/aromatic N) is 3. The number of anilines is 1. The number of benzene rings is 2. The fraction of sp³-hybridized carbons (Fsp3) is 0.250. The first-order valence-corrected chi connectivity index (χ1v) is 8.54. The van der Waals surface area contributed by atoms with E-state index in [-0.39, 0.29) is 0 Å². The maximum absolute atomic E-state index is 5.45. The van der Waals surface area contributed by atoms with E-state index in [0.717, 1.165) is 11.1 Å². The van der Waals surface area contributed by atoms with Gasteiger partial charge in [-0.25, -0.2) is 4.98 Å². The third-order valence-electron chi connectivity index (χ3n) is 4.11. The van der Waals surface area contributed by atoms with E-state index in [1.165, 1.54) is 0 Å². The first kappa shape index (κ1) is 19.2.